The number of benzene rings is 2. The first kappa shape index (κ1) is 26.0. The molecule has 2 aromatic heterocycles. The molecule has 0 bridgehead atoms. The fraction of sp³-hybridized carbons (Fsp3) is 0.100. The summed E-state index contributed by atoms with van der Waals surface area (Å²) >= 11 is 12.8. The van der Waals surface area contributed by atoms with E-state index in [0.717, 1.165) is 32.6 Å². The number of fused-ring (bicyclic) bond motifs is 1. The molecule has 4 rings (SSSR count). The Hall–Kier alpha value is -2.59. The van der Waals surface area contributed by atoms with Gasteiger partial charge in [-0.2, -0.15) is 13.2 Å². The van der Waals surface area contributed by atoms with Gasteiger partial charge in [0.2, 0.25) is 0 Å². The number of amides is 1. The van der Waals surface area contributed by atoms with E-state index in [1.165, 1.54) is 11.3 Å². The van der Waals surface area contributed by atoms with Gasteiger partial charge < -0.3 is 5.11 Å². The van der Waals surface area contributed by atoms with Crippen LogP contribution in [0.2, 0.25) is 10.0 Å². The Morgan fingerprint density at radius 2 is 1.85 bits per heavy atom. The number of carboxylic acid groups (broad SMARTS) is 1. The van der Waals surface area contributed by atoms with Crippen molar-refractivity contribution in [3.05, 3.63) is 57.3 Å². The Bertz CT molecular complexity index is 1330. The molecule has 0 saturated carbocycles. The Labute approximate surface area is 211 Å². The summed E-state index contributed by atoms with van der Waals surface area (Å²) in [6.07, 6.45) is -5.08. The molecule has 1 radical (unpaired) electrons. The largest absolute Gasteiger partial charge is 0.490 e. The van der Waals surface area contributed by atoms with E-state index in [0.29, 0.717) is 10.0 Å². The van der Waals surface area contributed by atoms with Gasteiger partial charge in [0.05, 0.1) is 0 Å². The Balaban J connectivity index is 0.000000406. The molecule has 1 amide bonds. The summed E-state index contributed by atoms with van der Waals surface area (Å²) in [5.74, 6) is -2.02. The molecular formula is C20H13AsCl2F3N4O3S. The van der Waals surface area contributed by atoms with Crippen LogP contribution >= 0.6 is 34.5 Å². The number of carbonyl (C=O) groups excluding carboxylic acids is 1. The van der Waals surface area contributed by atoms with E-state index in [4.69, 9.17) is 33.1 Å². The number of nitrogens with one attached hydrogen (secondary N) is 1. The molecule has 7 nitrogen and oxygen atoms in total. The number of aromatic amines is 1. The fourth-order valence-corrected chi connectivity index (χ4v) is 5.08. The third kappa shape index (κ3) is 6.50. The standard InChI is InChI=1S/C18H12AsCl2N4OS.C2HF3O2/c1-25(11-3-4-12(20)13(21)7-11)18(26)19-10-2-5-14-15(6-10)24-17(23-14)16-8-27-9-22-16;3-2(4,5)1(6)7/h2-9H,1H3,(H,23,24);(H,6,7). The molecule has 2 N–H and O–H groups in total. The fourth-order valence-electron chi connectivity index (χ4n) is 2.51. The van der Waals surface area contributed by atoms with Crippen molar-refractivity contribution in [3.8, 4) is 11.5 Å². The van der Waals surface area contributed by atoms with E-state index in [1.807, 2.05) is 23.6 Å². The van der Waals surface area contributed by atoms with Crippen LogP contribution in [-0.2, 0) is 4.79 Å². The number of aliphatic carboxylic acids is 1. The van der Waals surface area contributed by atoms with Crippen LogP contribution in [0.5, 0.6) is 0 Å². The number of aromatic nitrogens is 3. The first-order valence-electron chi connectivity index (χ1n) is 9.08. The summed E-state index contributed by atoms with van der Waals surface area (Å²) in [6, 6.07) is 11.0. The number of thiazole rings is 1. The SMILES string of the molecule is CN(C(=O)[As]c1ccc2nc(-c3cscn3)[nH]c2c1)c1ccc(Cl)c(Cl)c1.O=C(O)C(F)(F)F. The van der Waals surface area contributed by atoms with Gasteiger partial charge >= 0.3 is 189 Å². The third-order valence-electron chi connectivity index (χ3n) is 4.19. The maximum Gasteiger partial charge on any atom is 0.490 e. The molecule has 0 aliphatic heterocycles. The minimum Gasteiger partial charge on any atom is -0.475 e. The number of carbonyl (C=O) groups is 2. The zero-order valence-corrected chi connectivity index (χ0v) is 21.2. The van der Waals surface area contributed by atoms with Crippen LogP contribution in [0, 0.1) is 0 Å². The molecule has 0 atom stereocenters. The number of anilines is 1. The summed E-state index contributed by atoms with van der Waals surface area (Å²) in [7, 11) is 1.74. The summed E-state index contributed by atoms with van der Waals surface area (Å²) in [5, 5.41) is 9.97. The number of imidazole rings is 1. The van der Waals surface area contributed by atoms with Crippen molar-refractivity contribution in [2.75, 3.05) is 11.9 Å². The summed E-state index contributed by atoms with van der Waals surface area (Å²) < 4.78 is 32.8. The third-order valence-corrected chi connectivity index (χ3v) is 7.67. The van der Waals surface area contributed by atoms with Crippen molar-refractivity contribution in [1.29, 1.82) is 0 Å². The average Bonchev–Trinajstić information content (AvgIpc) is 3.44. The number of rotatable bonds is 4. The maximum absolute atomic E-state index is 12.7. The van der Waals surface area contributed by atoms with Crippen molar-refractivity contribution in [2.24, 2.45) is 0 Å². The van der Waals surface area contributed by atoms with E-state index in [-0.39, 0.29) is 4.69 Å². The number of carboxylic acids is 1. The Kier molecular flexibility index (Phi) is 8.24. The van der Waals surface area contributed by atoms with Crippen molar-refractivity contribution in [1.82, 2.24) is 15.0 Å². The van der Waals surface area contributed by atoms with Gasteiger partial charge in [-0.1, -0.05) is 0 Å². The molecule has 177 valence electrons. The van der Waals surface area contributed by atoms with Crippen molar-refractivity contribution in [2.45, 2.75) is 6.18 Å². The van der Waals surface area contributed by atoms with Crippen molar-refractivity contribution >= 4 is 82.0 Å². The average molecular weight is 592 g/mol. The predicted octanol–water partition coefficient (Wildman–Crippen LogP) is 5.21. The normalized spacial score (nSPS) is 11.5. The second kappa shape index (κ2) is 10.8. The molecule has 0 saturated heterocycles. The number of halogens is 5. The monoisotopic (exact) mass is 591 g/mol. The summed E-state index contributed by atoms with van der Waals surface area (Å²) in [4.78, 5) is 35.3. The quantitative estimate of drug-likeness (QED) is 0.317. The predicted molar refractivity (Wildman–Crippen MR) is 127 cm³/mol. The Morgan fingerprint density at radius 3 is 2.44 bits per heavy atom. The van der Waals surface area contributed by atoms with Crippen LogP contribution in [0.15, 0.2) is 47.3 Å². The second-order valence-electron chi connectivity index (χ2n) is 6.52. The summed E-state index contributed by atoms with van der Waals surface area (Å²) in [6.45, 7) is 0. The van der Waals surface area contributed by atoms with Crippen LogP contribution in [0.4, 0.5) is 23.7 Å². The van der Waals surface area contributed by atoms with Gasteiger partial charge in [0.1, 0.15) is 0 Å². The van der Waals surface area contributed by atoms with E-state index >= 15 is 0 Å². The first-order chi connectivity index (χ1) is 16.0. The van der Waals surface area contributed by atoms with Gasteiger partial charge in [-0.15, -0.1) is 0 Å². The van der Waals surface area contributed by atoms with Crippen molar-refractivity contribution < 1.29 is 27.9 Å². The first-order valence-corrected chi connectivity index (χ1v) is 12.7. The number of hydrogen-bond acceptors (Lipinski definition) is 5. The Morgan fingerprint density at radius 1 is 1.15 bits per heavy atom. The van der Waals surface area contributed by atoms with E-state index in [9.17, 15) is 18.0 Å². The van der Waals surface area contributed by atoms with Crippen LogP contribution in [0.25, 0.3) is 22.6 Å². The molecule has 2 aromatic carbocycles. The van der Waals surface area contributed by atoms with Crippen LogP contribution in [0.3, 0.4) is 0 Å². The van der Waals surface area contributed by atoms with Gasteiger partial charge in [-0.25, -0.2) is 4.79 Å². The molecule has 34 heavy (non-hydrogen) atoms. The van der Waals surface area contributed by atoms with Crippen LogP contribution in [-0.4, -0.2) is 59.7 Å². The number of H-pyrrole nitrogens is 1. The van der Waals surface area contributed by atoms with Gasteiger partial charge in [0, 0.05) is 0 Å². The molecular weight excluding hydrogens is 579 g/mol. The number of alkyl halides is 3. The van der Waals surface area contributed by atoms with E-state index < -0.39 is 27.9 Å². The molecule has 2 heterocycles. The zero-order valence-electron chi connectivity index (χ0n) is 17.0. The second-order valence-corrected chi connectivity index (χ2v) is 10.4. The van der Waals surface area contributed by atoms with Gasteiger partial charge in [-0.05, 0) is 0 Å². The molecule has 0 aliphatic rings. The zero-order chi connectivity index (χ0) is 25.0. The molecule has 0 fully saturated rings. The summed E-state index contributed by atoms with van der Waals surface area (Å²) in [5.41, 5.74) is 5.07. The van der Waals surface area contributed by atoms with E-state index in [2.05, 4.69) is 15.0 Å². The van der Waals surface area contributed by atoms with Crippen LogP contribution in [0.1, 0.15) is 0 Å². The van der Waals surface area contributed by atoms with Crippen LogP contribution < -0.4 is 9.25 Å². The van der Waals surface area contributed by atoms with E-state index in [1.54, 1.807) is 35.7 Å². The topological polar surface area (TPSA) is 99.2 Å². The maximum atomic E-state index is 12.7. The van der Waals surface area contributed by atoms with Crippen molar-refractivity contribution in [3.63, 3.8) is 0 Å². The minimum atomic E-state index is -5.08. The minimum absolute atomic E-state index is 0.0447. The van der Waals surface area contributed by atoms with Gasteiger partial charge in [-0.3, -0.25) is 0 Å². The molecule has 4 aromatic rings. The molecule has 14 heteroatoms. The molecule has 0 aliphatic carbocycles. The molecule has 0 unspecified atom stereocenters. The van der Waals surface area contributed by atoms with Gasteiger partial charge in [0.15, 0.2) is 0 Å². The number of nitrogens with zero attached hydrogens (tertiary/aromatic N) is 3. The molecule has 0 spiro atoms. The van der Waals surface area contributed by atoms with Gasteiger partial charge in [0.25, 0.3) is 0 Å². The number of hydrogen-bond donors (Lipinski definition) is 2. The smallest absolute Gasteiger partial charge is 0.475 e.